The third-order valence-electron chi connectivity index (χ3n) is 3.55. The molecule has 0 aromatic carbocycles. The Morgan fingerprint density at radius 2 is 2.43 bits per heavy atom. The van der Waals surface area contributed by atoms with Crippen molar-refractivity contribution in [3.63, 3.8) is 0 Å². The normalized spacial score (nSPS) is 32.4. The molecule has 1 saturated carbocycles. The Hall–Kier alpha value is -0.830. The molecule has 78 valence electrons. The number of hydrogen-bond acceptors (Lipinski definition) is 2. The average molecular weight is 193 g/mol. The van der Waals surface area contributed by atoms with Gasteiger partial charge in [0, 0.05) is 19.3 Å². The second-order valence-corrected chi connectivity index (χ2v) is 4.69. The van der Waals surface area contributed by atoms with Gasteiger partial charge < -0.3 is 5.32 Å². The lowest BCUT2D eigenvalue weighted by Gasteiger charge is -2.22. The molecule has 1 N–H and O–H groups in total. The number of hydrogen-bond donors (Lipinski definition) is 1. The van der Waals surface area contributed by atoms with E-state index in [2.05, 4.69) is 30.6 Å². The van der Waals surface area contributed by atoms with Crippen molar-refractivity contribution < 1.29 is 0 Å². The third kappa shape index (κ3) is 1.57. The van der Waals surface area contributed by atoms with E-state index in [1.807, 2.05) is 17.9 Å². The summed E-state index contributed by atoms with van der Waals surface area (Å²) in [5.41, 5.74) is 1.72. The summed E-state index contributed by atoms with van der Waals surface area (Å²) in [7, 11) is 4.04. The first-order chi connectivity index (χ1) is 6.64. The van der Waals surface area contributed by atoms with Crippen molar-refractivity contribution in [2.24, 2.45) is 7.05 Å². The summed E-state index contributed by atoms with van der Waals surface area (Å²) in [6.45, 7) is 2.35. The van der Waals surface area contributed by atoms with Crippen LogP contribution in [0.15, 0.2) is 12.4 Å². The van der Waals surface area contributed by atoms with Crippen LogP contribution in [0.1, 0.15) is 31.7 Å². The second kappa shape index (κ2) is 3.39. The van der Waals surface area contributed by atoms with E-state index in [0.29, 0.717) is 11.5 Å². The van der Waals surface area contributed by atoms with E-state index in [0.717, 1.165) is 0 Å². The molecule has 0 aliphatic heterocycles. The van der Waals surface area contributed by atoms with Crippen LogP contribution < -0.4 is 5.32 Å². The summed E-state index contributed by atoms with van der Waals surface area (Å²) < 4.78 is 1.90. The van der Waals surface area contributed by atoms with Gasteiger partial charge in [-0.2, -0.15) is 5.10 Å². The smallest absolute Gasteiger partial charge is 0.0527 e. The van der Waals surface area contributed by atoms with Crippen LogP contribution in [-0.2, 0) is 12.5 Å². The highest BCUT2D eigenvalue weighted by molar-refractivity contribution is 5.21. The highest BCUT2D eigenvalue weighted by Crippen LogP contribution is 2.40. The van der Waals surface area contributed by atoms with E-state index in [9.17, 15) is 0 Å². The molecular formula is C11H19N3. The Balaban J connectivity index is 2.18. The summed E-state index contributed by atoms with van der Waals surface area (Å²) in [5.74, 6) is 0. The Morgan fingerprint density at radius 1 is 1.64 bits per heavy atom. The molecule has 0 bridgehead atoms. The molecule has 14 heavy (non-hydrogen) atoms. The fraction of sp³-hybridized carbons (Fsp3) is 0.727. The third-order valence-corrected chi connectivity index (χ3v) is 3.55. The molecule has 0 radical (unpaired) electrons. The highest BCUT2D eigenvalue weighted by Gasteiger charge is 2.36. The lowest BCUT2D eigenvalue weighted by atomic mass is 9.83. The molecule has 1 fully saturated rings. The first kappa shape index (κ1) is 9.71. The maximum atomic E-state index is 4.25. The second-order valence-electron chi connectivity index (χ2n) is 4.69. The van der Waals surface area contributed by atoms with Crippen molar-refractivity contribution >= 4 is 0 Å². The fourth-order valence-corrected chi connectivity index (χ4v) is 2.48. The zero-order valence-corrected chi connectivity index (χ0v) is 9.25. The van der Waals surface area contributed by atoms with Crippen LogP contribution in [0.4, 0.5) is 0 Å². The van der Waals surface area contributed by atoms with E-state index >= 15 is 0 Å². The summed E-state index contributed by atoms with van der Waals surface area (Å²) >= 11 is 0. The predicted molar refractivity (Wildman–Crippen MR) is 57.3 cm³/mol. The topological polar surface area (TPSA) is 29.9 Å². The molecule has 2 atom stereocenters. The molecule has 0 spiro atoms. The van der Waals surface area contributed by atoms with E-state index in [-0.39, 0.29) is 0 Å². The quantitative estimate of drug-likeness (QED) is 0.770. The zero-order valence-electron chi connectivity index (χ0n) is 9.25. The number of aromatic nitrogens is 2. The summed E-state index contributed by atoms with van der Waals surface area (Å²) in [6.07, 6.45) is 7.94. The van der Waals surface area contributed by atoms with Gasteiger partial charge in [0.2, 0.25) is 0 Å². The molecule has 1 heterocycles. The van der Waals surface area contributed by atoms with Gasteiger partial charge in [0.25, 0.3) is 0 Å². The monoisotopic (exact) mass is 193 g/mol. The minimum absolute atomic E-state index is 0.335. The van der Waals surface area contributed by atoms with Gasteiger partial charge in [-0.05, 0) is 37.3 Å². The Labute approximate surface area is 85.5 Å². The molecule has 1 aliphatic carbocycles. The van der Waals surface area contributed by atoms with Gasteiger partial charge in [-0.25, -0.2) is 0 Å². The fourth-order valence-electron chi connectivity index (χ4n) is 2.48. The zero-order chi connectivity index (χ0) is 10.2. The molecule has 2 unspecified atom stereocenters. The van der Waals surface area contributed by atoms with Crippen LogP contribution in [0.5, 0.6) is 0 Å². The maximum absolute atomic E-state index is 4.25. The number of rotatable bonds is 2. The Morgan fingerprint density at radius 3 is 2.93 bits per heavy atom. The van der Waals surface area contributed by atoms with Gasteiger partial charge in [-0.15, -0.1) is 0 Å². The molecular weight excluding hydrogens is 174 g/mol. The molecule has 1 aromatic heterocycles. The number of nitrogens with zero attached hydrogens (tertiary/aromatic N) is 2. The lowest BCUT2D eigenvalue weighted by Crippen LogP contribution is -2.25. The molecule has 2 rings (SSSR count). The van der Waals surface area contributed by atoms with Crippen LogP contribution in [0.25, 0.3) is 0 Å². The molecule has 1 aliphatic rings. The molecule has 0 amide bonds. The van der Waals surface area contributed by atoms with Crippen LogP contribution >= 0.6 is 0 Å². The highest BCUT2D eigenvalue weighted by atomic mass is 15.2. The molecule has 3 heteroatoms. The van der Waals surface area contributed by atoms with E-state index in [1.165, 1.54) is 24.8 Å². The molecule has 1 aromatic rings. The van der Waals surface area contributed by atoms with Crippen molar-refractivity contribution in [1.29, 1.82) is 0 Å². The van der Waals surface area contributed by atoms with Crippen LogP contribution in [-0.4, -0.2) is 22.9 Å². The summed E-state index contributed by atoms with van der Waals surface area (Å²) in [5, 5.41) is 7.62. The van der Waals surface area contributed by atoms with Gasteiger partial charge in [0.15, 0.2) is 0 Å². The van der Waals surface area contributed by atoms with Crippen LogP contribution in [0.3, 0.4) is 0 Å². The summed E-state index contributed by atoms with van der Waals surface area (Å²) in [4.78, 5) is 0. The minimum Gasteiger partial charge on any atom is -0.317 e. The van der Waals surface area contributed by atoms with Crippen LogP contribution in [0, 0.1) is 0 Å². The molecule has 3 nitrogen and oxygen atoms in total. The van der Waals surface area contributed by atoms with Crippen molar-refractivity contribution in [2.45, 2.75) is 37.6 Å². The van der Waals surface area contributed by atoms with Gasteiger partial charge in [-0.1, -0.05) is 6.92 Å². The predicted octanol–water partition coefficient (Wildman–Crippen LogP) is 1.45. The van der Waals surface area contributed by atoms with Gasteiger partial charge in [-0.3, -0.25) is 4.68 Å². The minimum atomic E-state index is 0.335. The van der Waals surface area contributed by atoms with E-state index in [4.69, 9.17) is 0 Å². The van der Waals surface area contributed by atoms with Gasteiger partial charge >= 0.3 is 0 Å². The van der Waals surface area contributed by atoms with E-state index in [1.54, 1.807) is 0 Å². The SMILES string of the molecule is CNC1CCC(C)(c2cnn(C)c2)C1. The average Bonchev–Trinajstić information content (AvgIpc) is 2.73. The summed E-state index contributed by atoms with van der Waals surface area (Å²) in [6, 6.07) is 0.681. The number of aryl methyl sites for hydroxylation is 1. The van der Waals surface area contributed by atoms with E-state index < -0.39 is 0 Å². The largest absolute Gasteiger partial charge is 0.317 e. The number of nitrogens with one attached hydrogen (secondary N) is 1. The standard InChI is InChI=1S/C11H19N3/c1-11(5-4-10(6-11)12-2)9-7-13-14(3)8-9/h7-8,10,12H,4-6H2,1-3H3. The van der Waals surface area contributed by atoms with Gasteiger partial charge in [0.05, 0.1) is 6.20 Å². The lowest BCUT2D eigenvalue weighted by molar-refractivity contribution is 0.466. The Kier molecular flexibility index (Phi) is 2.35. The van der Waals surface area contributed by atoms with Crippen molar-refractivity contribution in [3.8, 4) is 0 Å². The Bertz CT molecular complexity index is 318. The first-order valence-electron chi connectivity index (χ1n) is 5.30. The van der Waals surface area contributed by atoms with Gasteiger partial charge in [0.1, 0.15) is 0 Å². The maximum Gasteiger partial charge on any atom is 0.0527 e. The van der Waals surface area contributed by atoms with Crippen molar-refractivity contribution in [3.05, 3.63) is 18.0 Å². The molecule has 0 saturated heterocycles. The van der Waals surface area contributed by atoms with Crippen molar-refractivity contribution in [1.82, 2.24) is 15.1 Å². The van der Waals surface area contributed by atoms with Crippen molar-refractivity contribution in [2.75, 3.05) is 7.05 Å². The van der Waals surface area contributed by atoms with Crippen LogP contribution in [0.2, 0.25) is 0 Å². The first-order valence-corrected chi connectivity index (χ1v) is 5.30.